The van der Waals surface area contributed by atoms with Gasteiger partial charge in [-0.3, -0.25) is 4.79 Å². The maximum absolute atomic E-state index is 12.3. The molecule has 9 nitrogen and oxygen atoms in total. The zero-order valence-electron chi connectivity index (χ0n) is 20.3. The second kappa shape index (κ2) is 11.7. The largest absolute Gasteiger partial charge is 0.496 e. The maximum Gasteiger partial charge on any atom is 0.341 e. The SMILES string of the molecule is COC(=O)c1cc(CNC(=O)/C=C/c2ccc(OCc3c(C)noc3C)c(OC)c2)ccc1OC. The van der Waals surface area contributed by atoms with E-state index in [1.807, 2.05) is 19.9 Å². The first-order valence-electron chi connectivity index (χ1n) is 10.8. The van der Waals surface area contributed by atoms with Gasteiger partial charge < -0.3 is 28.8 Å². The summed E-state index contributed by atoms with van der Waals surface area (Å²) in [6.45, 7) is 4.23. The van der Waals surface area contributed by atoms with Crippen molar-refractivity contribution in [3.63, 3.8) is 0 Å². The molecule has 0 spiro atoms. The number of hydrogen-bond acceptors (Lipinski definition) is 8. The van der Waals surface area contributed by atoms with Gasteiger partial charge in [0.25, 0.3) is 0 Å². The van der Waals surface area contributed by atoms with Gasteiger partial charge in [0.2, 0.25) is 5.91 Å². The van der Waals surface area contributed by atoms with Crippen molar-refractivity contribution in [1.29, 1.82) is 0 Å². The second-order valence-electron chi connectivity index (χ2n) is 7.58. The minimum absolute atomic E-state index is 0.231. The number of methoxy groups -OCH3 is 3. The van der Waals surface area contributed by atoms with Gasteiger partial charge in [0.1, 0.15) is 23.7 Å². The molecule has 1 N–H and O–H groups in total. The van der Waals surface area contributed by atoms with Crippen molar-refractivity contribution in [2.24, 2.45) is 0 Å². The Balaban J connectivity index is 1.61. The summed E-state index contributed by atoms with van der Waals surface area (Å²) in [5.41, 5.74) is 3.46. The van der Waals surface area contributed by atoms with Crippen molar-refractivity contribution in [3.8, 4) is 17.2 Å². The Kier molecular flexibility index (Phi) is 8.50. The van der Waals surface area contributed by atoms with Crippen LogP contribution in [0.3, 0.4) is 0 Å². The third-order valence-electron chi connectivity index (χ3n) is 5.30. The van der Waals surface area contributed by atoms with Crippen LogP contribution in [0, 0.1) is 13.8 Å². The fourth-order valence-electron chi connectivity index (χ4n) is 3.32. The average Bonchev–Trinajstić information content (AvgIpc) is 3.20. The maximum atomic E-state index is 12.3. The van der Waals surface area contributed by atoms with Gasteiger partial charge >= 0.3 is 5.97 Å². The molecule has 0 fully saturated rings. The van der Waals surface area contributed by atoms with E-state index in [1.165, 1.54) is 20.3 Å². The van der Waals surface area contributed by atoms with E-state index in [9.17, 15) is 9.59 Å². The van der Waals surface area contributed by atoms with Gasteiger partial charge in [0, 0.05) is 12.6 Å². The van der Waals surface area contributed by atoms with Crippen molar-refractivity contribution in [2.45, 2.75) is 27.0 Å². The minimum Gasteiger partial charge on any atom is -0.496 e. The first-order chi connectivity index (χ1) is 16.9. The number of aromatic nitrogens is 1. The molecule has 1 amide bonds. The van der Waals surface area contributed by atoms with E-state index >= 15 is 0 Å². The van der Waals surface area contributed by atoms with Crippen molar-refractivity contribution in [2.75, 3.05) is 21.3 Å². The van der Waals surface area contributed by atoms with E-state index in [-0.39, 0.29) is 12.5 Å². The van der Waals surface area contributed by atoms with Crippen LogP contribution >= 0.6 is 0 Å². The molecule has 0 unspecified atom stereocenters. The monoisotopic (exact) mass is 480 g/mol. The first-order valence-corrected chi connectivity index (χ1v) is 10.8. The summed E-state index contributed by atoms with van der Waals surface area (Å²) >= 11 is 0. The Labute approximate surface area is 203 Å². The number of ether oxygens (including phenoxy) is 4. The summed E-state index contributed by atoms with van der Waals surface area (Å²) in [4.78, 5) is 24.2. The Morgan fingerprint density at radius 1 is 1.00 bits per heavy atom. The molecule has 1 heterocycles. The Hall–Kier alpha value is -4.27. The lowest BCUT2D eigenvalue weighted by Crippen LogP contribution is -2.20. The molecule has 0 saturated heterocycles. The lowest BCUT2D eigenvalue weighted by molar-refractivity contribution is -0.116. The number of carbonyl (C=O) groups is 2. The fourth-order valence-corrected chi connectivity index (χ4v) is 3.32. The van der Waals surface area contributed by atoms with Gasteiger partial charge in [0.05, 0.1) is 32.6 Å². The van der Waals surface area contributed by atoms with E-state index in [1.54, 1.807) is 43.5 Å². The number of nitrogens with zero attached hydrogens (tertiary/aromatic N) is 1. The van der Waals surface area contributed by atoms with Gasteiger partial charge in [0.15, 0.2) is 11.5 Å². The van der Waals surface area contributed by atoms with Crippen LogP contribution < -0.4 is 19.5 Å². The number of hydrogen-bond donors (Lipinski definition) is 1. The van der Waals surface area contributed by atoms with Gasteiger partial charge in [-0.1, -0.05) is 17.3 Å². The molecule has 35 heavy (non-hydrogen) atoms. The van der Waals surface area contributed by atoms with Crippen LogP contribution in [0.25, 0.3) is 6.08 Å². The topological polar surface area (TPSA) is 109 Å². The highest BCUT2D eigenvalue weighted by atomic mass is 16.5. The summed E-state index contributed by atoms with van der Waals surface area (Å²) in [6.07, 6.45) is 3.09. The molecule has 9 heteroatoms. The summed E-state index contributed by atoms with van der Waals surface area (Å²) in [7, 11) is 4.32. The van der Waals surface area contributed by atoms with Gasteiger partial charge in [-0.25, -0.2) is 4.79 Å². The Morgan fingerprint density at radius 3 is 2.40 bits per heavy atom. The summed E-state index contributed by atoms with van der Waals surface area (Å²) in [5, 5.41) is 6.71. The third-order valence-corrected chi connectivity index (χ3v) is 5.30. The van der Waals surface area contributed by atoms with Crippen LogP contribution in [0.4, 0.5) is 0 Å². The molecular weight excluding hydrogens is 452 g/mol. The highest BCUT2D eigenvalue weighted by molar-refractivity contribution is 5.93. The van der Waals surface area contributed by atoms with Crippen molar-refractivity contribution < 1.29 is 33.1 Å². The number of rotatable bonds is 10. The summed E-state index contributed by atoms with van der Waals surface area (Å²) in [6, 6.07) is 10.4. The molecule has 0 aliphatic carbocycles. The number of amides is 1. The molecular formula is C26H28N2O7. The molecule has 0 bridgehead atoms. The smallest absolute Gasteiger partial charge is 0.341 e. The van der Waals surface area contributed by atoms with E-state index in [0.29, 0.717) is 35.2 Å². The van der Waals surface area contributed by atoms with Crippen molar-refractivity contribution in [1.82, 2.24) is 10.5 Å². The predicted octanol–water partition coefficient (Wildman–Crippen LogP) is 4.00. The zero-order valence-corrected chi connectivity index (χ0v) is 20.3. The fraction of sp³-hybridized carbons (Fsp3) is 0.269. The molecule has 1 aromatic heterocycles. The standard InChI is InChI=1S/C26H28N2O7/c1-16-21(17(2)35-28-16)15-34-23-10-6-18(13-24(23)32-4)8-11-25(29)27-14-19-7-9-22(31-3)20(12-19)26(30)33-5/h6-13H,14-15H2,1-5H3,(H,27,29)/b11-8+. The third kappa shape index (κ3) is 6.41. The molecule has 2 aromatic carbocycles. The highest BCUT2D eigenvalue weighted by Crippen LogP contribution is 2.30. The highest BCUT2D eigenvalue weighted by Gasteiger charge is 2.14. The van der Waals surface area contributed by atoms with Gasteiger partial charge in [-0.2, -0.15) is 0 Å². The van der Waals surface area contributed by atoms with Crippen molar-refractivity contribution in [3.05, 3.63) is 76.2 Å². The lowest BCUT2D eigenvalue weighted by atomic mass is 10.1. The summed E-state index contributed by atoms with van der Waals surface area (Å²) < 4.78 is 26.4. The van der Waals surface area contributed by atoms with E-state index < -0.39 is 5.97 Å². The van der Waals surface area contributed by atoms with Crippen LogP contribution in [0.1, 0.15) is 38.5 Å². The molecule has 3 aromatic rings. The molecule has 184 valence electrons. The van der Waals surface area contributed by atoms with E-state index in [0.717, 1.165) is 22.4 Å². The van der Waals surface area contributed by atoms with Gasteiger partial charge in [-0.05, 0) is 55.3 Å². The van der Waals surface area contributed by atoms with Crippen LogP contribution in [-0.2, 0) is 22.7 Å². The first kappa shape index (κ1) is 25.4. The van der Waals surface area contributed by atoms with Crippen LogP contribution in [0.2, 0.25) is 0 Å². The zero-order chi connectivity index (χ0) is 25.4. The van der Waals surface area contributed by atoms with Crippen LogP contribution in [-0.4, -0.2) is 38.4 Å². The number of nitrogens with one attached hydrogen (secondary N) is 1. The van der Waals surface area contributed by atoms with Crippen molar-refractivity contribution >= 4 is 18.0 Å². The normalized spacial score (nSPS) is 10.8. The van der Waals surface area contributed by atoms with Crippen LogP contribution in [0.15, 0.2) is 47.0 Å². The van der Waals surface area contributed by atoms with E-state index in [4.69, 9.17) is 23.5 Å². The number of benzene rings is 2. The lowest BCUT2D eigenvalue weighted by Gasteiger charge is -2.11. The number of carbonyl (C=O) groups excluding carboxylic acids is 2. The molecule has 0 saturated carbocycles. The summed E-state index contributed by atoms with van der Waals surface area (Å²) in [5.74, 6) is 1.41. The number of aryl methyl sites for hydroxylation is 2. The molecule has 0 aliphatic heterocycles. The Morgan fingerprint density at radius 2 is 1.74 bits per heavy atom. The van der Waals surface area contributed by atoms with Crippen LogP contribution in [0.5, 0.6) is 17.2 Å². The molecule has 0 aliphatic rings. The average molecular weight is 481 g/mol. The Bertz CT molecular complexity index is 1210. The van der Waals surface area contributed by atoms with E-state index in [2.05, 4.69) is 10.5 Å². The molecule has 0 radical (unpaired) electrons. The molecule has 0 atom stereocenters. The second-order valence-corrected chi connectivity index (χ2v) is 7.58. The van der Waals surface area contributed by atoms with Gasteiger partial charge in [-0.15, -0.1) is 0 Å². The number of esters is 1. The quantitative estimate of drug-likeness (QED) is 0.343. The minimum atomic E-state index is -0.511. The molecule has 3 rings (SSSR count). The predicted molar refractivity (Wildman–Crippen MR) is 129 cm³/mol.